The predicted molar refractivity (Wildman–Crippen MR) is 73.0 cm³/mol. The molecule has 0 spiro atoms. The van der Waals surface area contributed by atoms with Gasteiger partial charge in [0, 0.05) is 25.2 Å². The fourth-order valence-electron chi connectivity index (χ4n) is 2.50. The zero-order chi connectivity index (χ0) is 13.2. The molecular weight excluding hydrogens is 250 g/mol. The van der Waals surface area contributed by atoms with Gasteiger partial charge in [-0.25, -0.2) is 13.1 Å². The van der Waals surface area contributed by atoms with Crippen LogP contribution in [0.4, 0.5) is 0 Å². The number of rotatable bonds is 6. The molecule has 2 atom stereocenters. The standard InChI is InChI=1S/C12H25N3O2S/c1-10-9-15(2)7-5-12(10)14-18(16,17)8-6-13-11-3-4-11/h10-14H,3-9H2,1-2H3. The van der Waals surface area contributed by atoms with Crippen molar-refractivity contribution in [2.24, 2.45) is 5.92 Å². The summed E-state index contributed by atoms with van der Waals surface area (Å²) in [6.45, 7) is 4.62. The lowest BCUT2D eigenvalue weighted by atomic mass is 9.95. The monoisotopic (exact) mass is 275 g/mol. The van der Waals surface area contributed by atoms with Crippen LogP contribution in [-0.4, -0.2) is 57.8 Å². The summed E-state index contributed by atoms with van der Waals surface area (Å²) >= 11 is 0. The van der Waals surface area contributed by atoms with Gasteiger partial charge in [-0.2, -0.15) is 0 Å². The minimum absolute atomic E-state index is 0.104. The van der Waals surface area contributed by atoms with E-state index in [0.29, 0.717) is 18.5 Å². The highest BCUT2D eigenvalue weighted by molar-refractivity contribution is 7.89. The predicted octanol–water partition coefficient (Wildman–Crippen LogP) is -0.00200. The van der Waals surface area contributed by atoms with E-state index in [2.05, 4.69) is 28.9 Å². The first-order chi connectivity index (χ1) is 8.46. The summed E-state index contributed by atoms with van der Waals surface area (Å²) in [4.78, 5) is 2.25. The Morgan fingerprint density at radius 1 is 1.28 bits per heavy atom. The molecule has 0 aromatic rings. The molecule has 2 unspecified atom stereocenters. The fraction of sp³-hybridized carbons (Fsp3) is 1.00. The highest BCUT2D eigenvalue weighted by Gasteiger charge is 2.28. The number of nitrogens with zero attached hydrogens (tertiary/aromatic N) is 1. The first-order valence-corrected chi connectivity index (χ1v) is 8.53. The molecule has 0 aromatic heterocycles. The Bertz CT molecular complexity index is 368. The van der Waals surface area contributed by atoms with Crippen molar-refractivity contribution in [2.45, 2.75) is 38.3 Å². The highest BCUT2D eigenvalue weighted by Crippen LogP contribution is 2.18. The van der Waals surface area contributed by atoms with Crippen molar-refractivity contribution in [2.75, 3.05) is 32.4 Å². The van der Waals surface area contributed by atoms with Gasteiger partial charge in [-0.3, -0.25) is 0 Å². The molecule has 1 saturated carbocycles. The van der Waals surface area contributed by atoms with Crippen molar-refractivity contribution in [3.05, 3.63) is 0 Å². The molecule has 2 N–H and O–H groups in total. The zero-order valence-corrected chi connectivity index (χ0v) is 12.2. The van der Waals surface area contributed by atoms with Crippen molar-refractivity contribution in [3.63, 3.8) is 0 Å². The average Bonchev–Trinajstić information content (AvgIpc) is 3.06. The third-order valence-corrected chi connectivity index (χ3v) is 5.22. The van der Waals surface area contributed by atoms with Crippen LogP contribution in [0.1, 0.15) is 26.2 Å². The van der Waals surface area contributed by atoms with Crippen molar-refractivity contribution in [1.29, 1.82) is 0 Å². The van der Waals surface area contributed by atoms with E-state index in [0.717, 1.165) is 19.5 Å². The Hall–Kier alpha value is -0.170. The summed E-state index contributed by atoms with van der Waals surface area (Å²) in [6, 6.07) is 0.676. The summed E-state index contributed by atoms with van der Waals surface area (Å²) in [5, 5.41) is 3.24. The second kappa shape index (κ2) is 5.86. The van der Waals surface area contributed by atoms with E-state index >= 15 is 0 Å². The van der Waals surface area contributed by atoms with Crippen LogP contribution in [0.3, 0.4) is 0 Å². The molecule has 6 heteroatoms. The van der Waals surface area contributed by atoms with E-state index in [4.69, 9.17) is 0 Å². The van der Waals surface area contributed by atoms with E-state index in [9.17, 15) is 8.42 Å². The van der Waals surface area contributed by atoms with Gasteiger partial charge in [-0.15, -0.1) is 0 Å². The van der Waals surface area contributed by atoms with Crippen LogP contribution in [0.5, 0.6) is 0 Å². The first-order valence-electron chi connectivity index (χ1n) is 6.88. The summed E-state index contributed by atoms with van der Waals surface area (Å²) in [6.07, 6.45) is 3.30. The van der Waals surface area contributed by atoms with Crippen LogP contribution in [0.2, 0.25) is 0 Å². The van der Waals surface area contributed by atoms with E-state index in [1.54, 1.807) is 0 Å². The minimum Gasteiger partial charge on any atom is -0.313 e. The number of nitrogens with one attached hydrogen (secondary N) is 2. The number of likely N-dealkylation sites (tertiary alicyclic amines) is 1. The molecule has 0 amide bonds. The number of sulfonamides is 1. The normalized spacial score (nSPS) is 30.6. The zero-order valence-electron chi connectivity index (χ0n) is 11.4. The van der Waals surface area contributed by atoms with Gasteiger partial charge in [0.1, 0.15) is 0 Å². The lowest BCUT2D eigenvalue weighted by Gasteiger charge is -2.34. The lowest BCUT2D eigenvalue weighted by molar-refractivity contribution is 0.188. The van der Waals surface area contributed by atoms with Crippen molar-refractivity contribution in [1.82, 2.24) is 14.9 Å². The molecule has 1 saturated heterocycles. The van der Waals surface area contributed by atoms with Crippen LogP contribution < -0.4 is 10.0 Å². The Balaban J connectivity index is 1.75. The van der Waals surface area contributed by atoms with E-state index < -0.39 is 10.0 Å². The van der Waals surface area contributed by atoms with Gasteiger partial charge in [-0.1, -0.05) is 6.92 Å². The van der Waals surface area contributed by atoms with Gasteiger partial charge in [0.15, 0.2) is 0 Å². The van der Waals surface area contributed by atoms with Crippen LogP contribution in [0, 0.1) is 5.92 Å². The van der Waals surface area contributed by atoms with Gasteiger partial charge in [-0.05, 0) is 38.8 Å². The van der Waals surface area contributed by atoms with Gasteiger partial charge in [0.25, 0.3) is 0 Å². The summed E-state index contributed by atoms with van der Waals surface area (Å²) < 4.78 is 26.8. The van der Waals surface area contributed by atoms with Crippen LogP contribution in [0.25, 0.3) is 0 Å². The average molecular weight is 275 g/mol. The quantitative estimate of drug-likeness (QED) is 0.716. The van der Waals surface area contributed by atoms with E-state index in [-0.39, 0.29) is 11.8 Å². The third kappa shape index (κ3) is 4.50. The highest BCUT2D eigenvalue weighted by atomic mass is 32.2. The molecule has 1 aliphatic heterocycles. The van der Waals surface area contributed by atoms with E-state index in [1.807, 2.05) is 0 Å². The second-order valence-corrected chi connectivity index (χ2v) is 7.67. The smallest absolute Gasteiger partial charge is 0.213 e. The van der Waals surface area contributed by atoms with Crippen LogP contribution in [-0.2, 0) is 10.0 Å². The number of hydrogen-bond acceptors (Lipinski definition) is 4. The minimum atomic E-state index is -3.13. The van der Waals surface area contributed by atoms with Crippen molar-refractivity contribution in [3.8, 4) is 0 Å². The van der Waals surface area contributed by atoms with Gasteiger partial charge >= 0.3 is 0 Å². The number of hydrogen-bond donors (Lipinski definition) is 2. The lowest BCUT2D eigenvalue weighted by Crippen LogP contribution is -2.49. The Morgan fingerprint density at radius 2 is 2.00 bits per heavy atom. The molecule has 18 heavy (non-hydrogen) atoms. The van der Waals surface area contributed by atoms with Crippen LogP contribution >= 0.6 is 0 Å². The SMILES string of the molecule is CC1CN(C)CCC1NS(=O)(=O)CCNC1CC1. The van der Waals surface area contributed by atoms with Crippen molar-refractivity contribution >= 4 is 10.0 Å². The molecule has 2 rings (SSSR count). The summed E-state index contributed by atoms with van der Waals surface area (Å²) in [5.41, 5.74) is 0. The fourth-order valence-corrected chi connectivity index (χ4v) is 3.82. The Morgan fingerprint density at radius 3 is 2.61 bits per heavy atom. The maximum atomic E-state index is 12.0. The summed E-state index contributed by atoms with van der Waals surface area (Å²) in [7, 11) is -1.05. The molecule has 5 nitrogen and oxygen atoms in total. The number of piperidine rings is 1. The second-order valence-electron chi connectivity index (χ2n) is 5.80. The molecule has 106 valence electrons. The topological polar surface area (TPSA) is 61.4 Å². The third-order valence-electron chi connectivity index (χ3n) is 3.82. The maximum Gasteiger partial charge on any atom is 0.213 e. The largest absolute Gasteiger partial charge is 0.313 e. The van der Waals surface area contributed by atoms with Gasteiger partial charge < -0.3 is 10.2 Å². The molecule has 1 heterocycles. The molecule has 2 fully saturated rings. The molecule has 2 aliphatic rings. The molecule has 0 aromatic carbocycles. The first kappa shape index (κ1) is 14.2. The Labute approximate surface area is 110 Å². The van der Waals surface area contributed by atoms with Crippen LogP contribution in [0.15, 0.2) is 0 Å². The summed E-state index contributed by atoms with van der Waals surface area (Å²) in [5.74, 6) is 0.581. The molecular formula is C12H25N3O2S. The molecule has 0 radical (unpaired) electrons. The molecule has 1 aliphatic carbocycles. The van der Waals surface area contributed by atoms with E-state index in [1.165, 1.54) is 12.8 Å². The van der Waals surface area contributed by atoms with Gasteiger partial charge in [0.05, 0.1) is 5.75 Å². The van der Waals surface area contributed by atoms with Gasteiger partial charge in [0.2, 0.25) is 10.0 Å². The Kier molecular flexibility index (Phi) is 4.64. The molecule has 0 bridgehead atoms. The van der Waals surface area contributed by atoms with Crippen molar-refractivity contribution < 1.29 is 8.42 Å². The maximum absolute atomic E-state index is 12.0.